The van der Waals surface area contributed by atoms with Gasteiger partial charge in [0, 0.05) is 18.0 Å². The van der Waals surface area contributed by atoms with Crippen LogP contribution < -0.4 is 5.32 Å². The normalized spacial score (nSPS) is 20.6. The fraction of sp³-hybridized carbons (Fsp3) is 0.462. The number of phenols is 1. The second-order valence-electron chi connectivity index (χ2n) is 4.32. The maximum atomic E-state index is 11.9. The number of nitrogens with one attached hydrogen (secondary N) is 1. The number of Topliss-reactive ketones (excluding diaryl/α,β-unsaturated/α-hetero) is 1. The van der Waals surface area contributed by atoms with Crippen LogP contribution in [0.2, 0.25) is 0 Å². The number of hydrogen-bond acceptors (Lipinski definition) is 3. The highest BCUT2D eigenvalue weighted by Gasteiger charge is 2.17. The molecule has 2 N–H and O–H groups in total. The number of hydrogen-bond donors (Lipinski definition) is 2. The van der Waals surface area contributed by atoms with Crippen molar-refractivity contribution >= 4 is 5.78 Å². The van der Waals surface area contributed by atoms with Crippen molar-refractivity contribution in [3.63, 3.8) is 0 Å². The fourth-order valence-electron chi connectivity index (χ4n) is 2.09. The second kappa shape index (κ2) is 5.12. The third-order valence-corrected chi connectivity index (χ3v) is 3.03. The molecule has 0 radical (unpaired) electrons. The van der Waals surface area contributed by atoms with Crippen molar-refractivity contribution in [1.82, 2.24) is 5.32 Å². The van der Waals surface area contributed by atoms with Gasteiger partial charge in [0.2, 0.25) is 0 Å². The van der Waals surface area contributed by atoms with Crippen LogP contribution in [-0.2, 0) is 0 Å². The molecule has 0 saturated carbocycles. The Labute approximate surface area is 95.5 Å². The van der Waals surface area contributed by atoms with E-state index in [1.807, 2.05) is 0 Å². The first-order valence-corrected chi connectivity index (χ1v) is 5.81. The van der Waals surface area contributed by atoms with E-state index in [0.717, 1.165) is 13.0 Å². The van der Waals surface area contributed by atoms with Gasteiger partial charge in [-0.2, -0.15) is 0 Å². The Kier molecular flexibility index (Phi) is 3.57. The van der Waals surface area contributed by atoms with Gasteiger partial charge in [-0.05, 0) is 43.7 Å². The molecular formula is C13H17NO2. The number of benzene rings is 1. The largest absolute Gasteiger partial charge is 0.508 e. The summed E-state index contributed by atoms with van der Waals surface area (Å²) in [5, 5.41) is 12.5. The predicted molar refractivity (Wildman–Crippen MR) is 62.7 cm³/mol. The molecule has 0 aliphatic carbocycles. The lowest BCUT2D eigenvalue weighted by molar-refractivity contribution is 0.0963. The lowest BCUT2D eigenvalue weighted by Gasteiger charge is -2.22. The first-order valence-electron chi connectivity index (χ1n) is 5.81. The van der Waals surface area contributed by atoms with Gasteiger partial charge in [-0.15, -0.1) is 0 Å². The van der Waals surface area contributed by atoms with Crippen LogP contribution >= 0.6 is 0 Å². The maximum absolute atomic E-state index is 11.9. The summed E-state index contributed by atoms with van der Waals surface area (Å²) >= 11 is 0. The quantitative estimate of drug-likeness (QED) is 0.765. The monoisotopic (exact) mass is 219 g/mol. The molecule has 3 nitrogen and oxygen atoms in total. The van der Waals surface area contributed by atoms with Crippen LogP contribution in [0.1, 0.15) is 36.0 Å². The third kappa shape index (κ3) is 2.83. The van der Waals surface area contributed by atoms with Crippen molar-refractivity contribution in [3.05, 3.63) is 29.8 Å². The van der Waals surface area contributed by atoms with E-state index in [1.165, 1.54) is 12.8 Å². The number of phenolic OH excluding ortho intramolecular Hbond substituents is 1. The van der Waals surface area contributed by atoms with Crippen molar-refractivity contribution in [2.24, 2.45) is 0 Å². The molecule has 2 rings (SSSR count). The van der Waals surface area contributed by atoms with Crippen LogP contribution in [0.15, 0.2) is 24.3 Å². The van der Waals surface area contributed by atoms with E-state index in [-0.39, 0.29) is 11.5 Å². The van der Waals surface area contributed by atoms with Crippen molar-refractivity contribution in [2.75, 3.05) is 6.54 Å². The van der Waals surface area contributed by atoms with Crippen LogP contribution in [0.5, 0.6) is 5.75 Å². The summed E-state index contributed by atoms with van der Waals surface area (Å²) < 4.78 is 0. The van der Waals surface area contributed by atoms with E-state index in [0.29, 0.717) is 18.0 Å². The maximum Gasteiger partial charge on any atom is 0.164 e. The molecule has 0 bridgehead atoms. The summed E-state index contributed by atoms with van der Waals surface area (Å²) in [5.74, 6) is 0.353. The second-order valence-corrected chi connectivity index (χ2v) is 4.32. The molecule has 1 aromatic rings. The zero-order valence-electron chi connectivity index (χ0n) is 9.28. The van der Waals surface area contributed by atoms with E-state index in [4.69, 9.17) is 5.11 Å². The standard InChI is InChI=1S/C13H17NO2/c15-12-6-4-10(5-7-12)13(16)9-11-3-1-2-8-14-11/h4-7,11,14-15H,1-3,8-9H2. The predicted octanol–water partition coefficient (Wildman–Crippen LogP) is 2.11. The first kappa shape index (κ1) is 11.1. The number of ketones is 1. The molecule has 1 aliphatic rings. The van der Waals surface area contributed by atoms with E-state index < -0.39 is 0 Å². The number of aromatic hydroxyl groups is 1. The highest BCUT2D eigenvalue weighted by atomic mass is 16.3. The summed E-state index contributed by atoms with van der Waals surface area (Å²) in [7, 11) is 0. The smallest absolute Gasteiger partial charge is 0.164 e. The summed E-state index contributed by atoms with van der Waals surface area (Å²) in [4.78, 5) is 11.9. The lowest BCUT2D eigenvalue weighted by Crippen LogP contribution is -2.35. The summed E-state index contributed by atoms with van der Waals surface area (Å²) in [6.45, 7) is 1.02. The van der Waals surface area contributed by atoms with Crippen LogP contribution in [0.3, 0.4) is 0 Å². The van der Waals surface area contributed by atoms with Crippen molar-refractivity contribution in [1.29, 1.82) is 0 Å². The van der Waals surface area contributed by atoms with Crippen LogP contribution in [0.4, 0.5) is 0 Å². The van der Waals surface area contributed by atoms with Gasteiger partial charge in [0.1, 0.15) is 5.75 Å². The Hall–Kier alpha value is -1.35. The molecule has 1 fully saturated rings. The Bertz CT molecular complexity index is 353. The molecule has 1 unspecified atom stereocenters. The molecule has 0 amide bonds. The van der Waals surface area contributed by atoms with Crippen molar-refractivity contribution < 1.29 is 9.90 Å². The van der Waals surface area contributed by atoms with E-state index in [9.17, 15) is 4.79 Å². The lowest BCUT2D eigenvalue weighted by atomic mass is 9.97. The first-order chi connectivity index (χ1) is 7.75. The van der Waals surface area contributed by atoms with Gasteiger partial charge in [0.25, 0.3) is 0 Å². The minimum absolute atomic E-state index is 0.152. The molecule has 1 aliphatic heterocycles. The summed E-state index contributed by atoms with van der Waals surface area (Å²) in [5.41, 5.74) is 0.685. The fourth-order valence-corrected chi connectivity index (χ4v) is 2.09. The molecule has 1 aromatic carbocycles. The topological polar surface area (TPSA) is 49.3 Å². The van der Waals surface area contributed by atoms with Gasteiger partial charge in [-0.3, -0.25) is 4.79 Å². The number of rotatable bonds is 3. The zero-order chi connectivity index (χ0) is 11.4. The van der Waals surface area contributed by atoms with Crippen molar-refractivity contribution in [3.8, 4) is 5.75 Å². The Morgan fingerprint density at radius 3 is 2.69 bits per heavy atom. The molecule has 0 spiro atoms. The highest BCUT2D eigenvalue weighted by Crippen LogP contribution is 2.15. The molecule has 3 heteroatoms. The van der Waals surface area contributed by atoms with Crippen LogP contribution in [-0.4, -0.2) is 23.5 Å². The summed E-state index contributed by atoms with van der Waals surface area (Å²) in [6.07, 6.45) is 4.07. The third-order valence-electron chi connectivity index (χ3n) is 3.03. The van der Waals surface area contributed by atoms with Gasteiger partial charge in [-0.1, -0.05) is 6.42 Å². The Balaban J connectivity index is 1.94. The zero-order valence-corrected chi connectivity index (χ0v) is 9.28. The minimum Gasteiger partial charge on any atom is -0.508 e. The van der Waals surface area contributed by atoms with E-state index in [1.54, 1.807) is 24.3 Å². The number of carbonyl (C=O) groups excluding carboxylic acids is 1. The molecule has 86 valence electrons. The highest BCUT2D eigenvalue weighted by molar-refractivity contribution is 5.96. The van der Waals surface area contributed by atoms with Gasteiger partial charge in [-0.25, -0.2) is 0 Å². The molecule has 1 saturated heterocycles. The molecule has 16 heavy (non-hydrogen) atoms. The average molecular weight is 219 g/mol. The molecule has 0 aromatic heterocycles. The Morgan fingerprint density at radius 2 is 2.06 bits per heavy atom. The van der Waals surface area contributed by atoms with Gasteiger partial charge in [0.05, 0.1) is 0 Å². The van der Waals surface area contributed by atoms with Gasteiger partial charge < -0.3 is 10.4 Å². The SMILES string of the molecule is O=C(CC1CCCCN1)c1ccc(O)cc1. The molecular weight excluding hydrogens is 202 g/mol. The summed E-state index contributed by atoms with van der Waals surface area (Å²) in [6, 6.07) is 6.80. The van der Waals surface area contributed by atoms with Gasteiger partial charge in [0.15, 0.2) is 5.78 Å². The average Bonchev–Trinajstić information content (AvgIpc) is 2.31. The van der Waals surface area contributed by atoms with E-state index in [2.05, 4.69) is 5.32 Å². The van der Waals surface area contributed by atoms with Gasteiger partial charge >= 0.3 is 0 Å². The van der Waals surface area contributed by atoms with Crippen LogP contribution in [0, 0.1) is 0 Å². The van der Waals surface area contributed by atoms with Crippen LogP contribution in [0.25, 0.3) is 0 Å². The molecule has 1 heterocycles. The minimum atomic E-state index is 0.152. The Morgan fingerprint density at radius 1 is 1.31 bits per heavy atom. The molecule has 1 atom stereocenters. The van der Waals surface area contributed by atoms with Crippen molar-refractivity contribution in [2.45, 2.75) is 31.7 Å². The number of carbonyl (C=O) groups is 1. The number of piperidine rings is 1. The van der Waals surface area contributed by atoms with E-state index >= 15 is 0 Å².